The third kappa shape index (κ3) is 3.85. The lowest BCUT2D eigenvalue weighted by Gasteiger charge is -2.05. The number of rotatable bonds is 6. The van der Waals surface area contributed by atoms with Crippen LogP contribution in [0.25, 0.3) is 11.3 Å². The zero-order valence-electron chi connectivity index (χ0n) is 12.3. The molecule has 0 unspecified atom stereocenters. The molecule has 0 aliphatic carbocycles. The fourth-order valence-corrected chi connectivity index (χ4v) is 3.22. The summed E-state index contributed by atoms with van der Waals surface area (Å²) in [5.41, 5.74) is 1.65. The molecule has 1 aromatic heterocycles. The maximum absolute atomic E-state index is 12.1. The van der Waals surface area contributed by atoms with Crippen molar-refractivity contribution in [2.75, 3.05) is 6.54 Å². The van der Waals surface area contributed by atoms with Gasteiger partial charge in [0.15, 0.2) is 5.76 Å². The summed E-state index contributed by atoms with van der Waals surface area (Å²) in [4.78, 5) is 0.255. The van der Waals surface area contributed by atoms with Crippen molar-refractivity contribution in [3.05, 3.63) is 72.4 Å². The Kier molecular flexibility index (Phi) is 4.55. The molecule has 1 N–H and O–H groups in total. The largest absolute Gasteiger partial charge is 0.356 e. The fourth-order valence-electron chi connectivity index (χ4n) is 2.16. The van der Waals surface area contributed by atoms with Crippen LogP contribution >= 0.6 is 0 Å². The van der Waals surface area contributed by atoms with Gasteiger partial charge in [-0.15, -0.1) is 0 Å². The van der Waals surface area contributed by atoms with Gasteiger partial charge in [0.2, 0.25) is 10.0 Å². The minimum absolute atomic E-state index is 0.255. The van der Waals surface area contributed by atoms with Gasteiger partial charge in [0, 0.05) is 24.6 Å². The second-order valence-electron chi connectivity index (χ2n) is 5.01. The van der Waals surface area contributed by atoms with Gasteiger partial charge in [-0.2, -0.15) is 0 Å². The van der Waals surface area contributed by atoms with Crippen LogP contribution in [0.2, 0.25) is 0 Å². The second-order valence-corrected chi connectivity index (χ2v) is 6.78. The van der Waals surface area contributed by atoms with Gasteiger partial charge in [0.25, 0.3) is 0 Å². The molecule has 0 amide bonds. The zero-order valence-corrected chi connectivity index (χ0v) is 13.2. The smallest absolute Gasteiger partial charge is 0.240 e. The molecule has 0 radical (unpaired) electrons. The average molecular weight is 328 g/mol. The molecule has 2 aromatic carbocycles. The molecule has 0 bridgehead atoms. The van der Waals surface area contributed by atoms with Crippen molar-refractivity contribution < 1.29 is 12.9 Å². The van der Waals surface area contributed by atoms with Crippen molar-refractivity contribution in [3.8, 4) is 11.3 Å². The minimum Gasteiger partial charge on any atom is -0.356 e. The lowest BCUT2D eigenvalue weighted by atomic mass is 10.1. The van der Waals surface area contributed by atoms with Crippen molar-refractivity contribution in [1.29, 1.82) is 0 Å². The highest BCUT2D eigenvalue weighted by Crippen LogP contribution is 2.19. The molecule has 0 fully saturated rings. The standard InChI is InChI=1S/C17H16N2O3S/c20-23(21,16-9-5-2-6-10-16)18-12-11-15-13-17(22-19-15)14-7-3-1-4-8-14/h1-10,13,18H,11-12H2. The maximum atomic E-state index is 12.1. The number of nitrogens with one attached hydrogen (secondary N) is 1. The SMILES string of the molecule is O=S(=O)(NCCc1cc(-c2ccccc2)on1)c1ccccc1. The highest BCUT2D eigenvalue weighted by atomic mass is 32.2. The van der Waals surface area contributed by atoms with Gasteiger partial charge in [0.1, 0.15) is 0 Å². The van der Waals surface area contributed by atoms with E-state index in [1.165, 1.54) is 0 Å². The molecule has 0 spiro atoms. The van der Waals surface area contributed by atoms with E-state index in [9.17, 15) is 8.42 Å². The van der Waals surface area contributed by atoms with Gasteiger partial charge in [-0.25, -0.2) is 13.1 Å². The highest BCUT2D eigenvalue weighted by Gasteiger charge is 2.13. The van der Waals surface area contributed by atoms with Crippen LogP contribution in [-0.4, -0.2) is 20.1 Å². The van der Waals surface area contributed by atoms with Gasteiger partial charge in [-0.05, 0) is 12.1 Å². The zero-order chi connectivity index (χ0) is 16.1. The topological polar surface area (TPSA) is 72.2 Å². The van der Waals surface area contributed by atoms with Crippen LogP contribution in [0, 0.1) is 0 Å². The molecule has 0 aliphatic heterocycles. The number of benzene rings is 2. The normalized spacial score (nSPS) is 11.5. The molecule has 5 nitrogen and oxygen atoms in total. The first-order chi connectivity index (χ1) is 11.1. The third-order valence-electron chi connectivity index (χ3n) is 3.34. The number of nitrogens with zero attached hydrogens (tertiary/aromatic N) is 1. The van der Waals surface area contributed by atoms with Crippen LogP contribution in [0.3, 0.4) is 0 Å². The van der Waals surface area contributed by atoms with Crippen LogP contribution < -0.4 is 4.72 Å². The first-order valence-electron chi connectivity index (χ1n) is 7.21. The molecule has 0 aliphatic rings. The predicted molar refractivity (Wildman–Crippen MR) is 87.3 cm³/mol. The highest BCUT2D eigenvalue weighted by molar-refractivity contribution is 7.89. The summed E-state index contributed by atoms with van der Waals surface area (Å²) in [6.07, 6.45) is 0.461. The molecular formula is C17H16N2O3S. The summed E-state index contributed by atoms with van der Waals surface area (Å²) < 4.78 is 32.0. The Morgan fingerprint density at radius 3 is 2.30 bits per heavy atom. The number of hydrogen-bond donors (Lipinski definition) is 1. The van der Waals surface area contributed by atoms with E-state index >= 15 is 0 Å². The molecule has 1 heterocycles. The molecular weight excluding hydrogens is 312 g/mol. The summed E-state index contributed by atoms with van der Waals surface area (Å²) in [5, 5.41) is 3.98. The Bertz CT molecular complexity index is 859. The van der Waals surface area contributed by atoms with E-state index in [0.717, 1.165) is 5.56 Å². The quantitative estimate of drug-likeness (QED) is 0.755. The molecule has 0 atom stereocenters. The fraction of sp³-hybridized carbons (Fsp3) is 0.118. The van der Waals surface area contributed by atoms with E-state index in [1.54, 1.807) is 30.3 Å². The van der Waals surface area contributed by atoms with E-state index in [2.05, 4.69) is 9.88 Å². The van der Waals surface area contributed by atoms with Gasteiger partial charge < -0.3 is 4.52 Å². The van der Waals surface area contributed by atoms with E-state index < -0.39 is 10.0 Å². The number of aromatic nitrogens is 1. The Hall–Kier alpha value is -2.44. The monoisotopic (exact) mass is 328 g/mol. The summed E-state index contributed by atoms with van der Waals surface area (Å²) in [6, 6.07) is 19.8. The predicted octanol–water partition coefficient (Wildman–Crippen LogP) is 2.86. The van der Waals surface area contributed by atoms with Crippen molar-refractivity contribution in [2.45, 2.75) is 11.3 Å². The van der Waals surface area contributed by atoms with Crippen molar-refractivity contribution in [2.24, 2.45) is 0 Å². The van der Waals surface area contributed by atoms with Crippen molar-refractivity contribution >= 4 is 10.0 Å². The summed E-state index contributed by atoms with van der Waals surface area (Å²) in [7, 11) is -3.48. The molecule has 118 valence electrons. The van der Waals surface area contributed by atoms with Gasteiger partial charge in [-0.1, -0.05) is 53.7 Å². The Morgan fingerprint density at radius 2 is 1.61 bits per heavy atom. The molecule has 23 heavy (non-hydrogen) atoms. The van der Waals surface area contributed by atoms with Crippen LogP contribution in [0.1, 0.15) is 5.69 Å². The number of hydrogen-bond acceptors (Lipinski definition) is 4. The average Bonchev–Trinajstić information content (AvgIpc) is 3.05. The molecule has 6 heteroatoms. The Labute approximate surface area is 135 Å². The van der Waals surface area contributed by atoms with Gasteiger partial charge in [0.05, 0.1) is 10.6 Å². The first-order valence-corrected chi connectivity index (χ1v) is 8.69. The van der Waals surface area contributed by atoms with Crippen LogP contribution in [0.5, 0.6) is 0 Å². The lowest BCUT2D eigenvalue weighted by Crippen LogP contribution is -2.26. The van der Waals surface area contributed by atoms with Crippen LogP contribution in [-0.2, 0) is 16.4 Å². The summed E-state index contributed by atoms with van der Waals surface area (Å²) in [5.74, 6) is 0.673. The Morgan fingerprint density at radius 1 is 0.957 bits per heavy atom. The van der Waals surface area contributed by atoms with E-state index in [-0.39, 0.29) is 11.4 Å². The second kappa shape index (κ2) is 6.76. The first kappa shape index (κ1) is 15.5. The van der Waals surface area contributed by atoms with Gasteiger partial charge >= 0.3 is 0 Å². The summed E-state index contributed by atoms with van der Waals surface area (Å²) >= 11 is 0. The molecule has 3 rings (SSSR count). The molecule has 0 saturated carbocycles. The van der Waals surface area contributed by atoms with Crippen LogP contribution in [0.15, 0.2) is 76.1 Å². The third-order valence-corrected chi connectivity index (χ3v) is 4.82. The van der Waals surface area contributed by atoms with E-state index in [4.69, 9.17) is 4.52 Å². The Balaban J connectivity index is 1.61. The van der Waals surface area contributed by atoms with Crippen molar-refractivity contribution in [3.63, 3.8) is 0 Å². The van der Waals surface area contributed by atoms with Crippen molar-refractivity contribution in [1.82, 2.24) is 9.88 Å². The van der Waals surface area contributed by atoms with Gasteiger partial charge in [-0.3, -0.25) is 0 Å². The molecule has 3 aromatic rings. The minimum atomic E-state index is -3.48. The van der Waals surface area contributed by atoms with E-state index in [1.807, 2.05) is 36.4 Å². The number of sulfonamides is 1. The lowest BCUT2D eigenvalue weighted by molar-refractivity contribution is 0.423. The molecule has 0 saturated heterocycles. The van der Waals surface area contributed by atoms with E-state index in [0.29, 0.717) is 17.9 Å². The van der Waals surface area contributed by atoms with Crippen LogP contribution in [0.4, 0.5) is 0 Å². The maximum Gasteiger partial charge on any atom is 0.240 e. The summed E-state index contributed by atoms with van der Waals surface area (Å²) in [6.45, 7) is 0.262.